The Morgan fingerprint density at radius 3 is 2.07 bits per heavy atom. The molecule has 1 amide bonds. The van der Waals surface area contributed by atoms with Crippen molar-refractivity contribution in [1.82, 2.24) is 0 Å². The molecule has 0 bridgehead atoms. The fraction of sp³-hybridized carbons (Fsp3) is 0.435. The molecule has 0 radical (unpaired) electrons. The van der Waals surface area contributed by atoms with E-state index in [0.717, 1.165) is 29.1 Å². The Morgan fingerprint density at radius 2 is 1.48 bits per heavy atom. The van der Waals surface area contributed by atoms with Crippen LogP contribution in [0, 0.1) is 13.8 Å². The Kier molecular flexibility index (Phi) is 8.51. The Morgan fingerprint density at radius 1 is 0.889 bits per heavy atom. The zero-order valence-corrected chi connectivity index (χ0v) is 19.0. The molecule has 1 saturated heterocycles. The molecule has 1 fully saturated rings. The monoisotopic (exact) mass is 447 g/mol. The fourth-order valence-corrected chi connectivity index (χ4v) is 8.63. The minimum atomic E-state index is -1.29. The lowest BCUT2D eigenvalue weighted by molar-refractivity contribution is -0.113. The number of hydrogen-bond donors (Lipinski definition) is 1. The Balaban J connectivity index is 0.00000261. The number of amides is 1. The number of rotatable bonds is 5. The number of aryl methyl sites for hydroxylation is 2. The van der Waals surface area contributed by atoms with Gasteiger partial charge in [0.15, 0.2) is 0 Å². The van der Waals surface area contributed by atoms with Crippen LogP contribution in [0.5, 0.6) is 0 Å². The van der Waals surface area contributed by atoms with Gasteiger partial charge >= 0.3 is 0 Å². The summed E-state index contributed by atoms with van der Waals surface area (Å²) in [5, 5.41) is 3.25. The van der Waals surface area contributed by atoms with Gasteiger partial charge in [0, 0.05) is 12.9 Å². The summed E-state index contributed by atoms with van der Waals surface area (Å²) in [4.78, 5) is 13.0. The summed E-state index contributed by atoms with van der Waals surface area (Å²) in [7, 11) is -1.29. The zero-order chi connectivity index (χ0) is 18.4. The largest absolute Gasteiger partial charge is 1.00 e. The van der Waals surface area contributed by atoms with Crippen molar-refractivity contribution in [1.29, 1.82) is 0 Å². The minimum absolute atomic E-state index is 0. The minimum Gasteiger partial charge on any atom is -1.00 e. The van der Waals surface area contributed by atoms with Crippen LogP contribution in [0.4, 0.5) is 5.69 Å². The average molecular weight is 448 g/mol. The third-order valence-corrected chi connectivity index (χ3v) is 10.1. The summed E-state index contributed by atoms with van der Waals surface area (Å²) in [6.07, 6.45) is 9.62. The van der Waals surface area contributed by atoms with E-state index in [9.17, 15) is 4.79 Å². The number of carbonyl (C=O) groups excluding carboxylic acids is 1. The van der Waals surface area contributed by atoms with Crippen molar-refractivity contribution in [2.45, 2.75) is 45.7 Å². The number of para-hydroxylation sites is 1. The molecule has 0 aromatic heterocycles. The molecule has 0 unspecified atom stereocenters. The van der Waals surface area contributed by atoms with Gasteiger partial charge in [0.05, 0.1) is 18.5 Å². The molecule has 4 heteroatoms. The molecule has 0 saturated carbocycles. The van der Waals surface area contributed by atoms with Crippen LogP contribution < -0.4 is 22.3 Å². The highest BCUT2D eigenvalue weighted by atomic mass is 79.9. The van der Waals surface area contributed by atoms with Crippen LogP contribution >= 0.6 is 7.26 Å². The first kappa shape index (κ1) is 22.1. The molecule has 2 aromatic rings. The molecule has 2 aromatic carbocycles. The smallest absolute Gasteiger partial charge is 0.261 e. The zero-order valence-electron chi connectivity index (χ0n) is 16.5. The summed E-state index contributed by atoms with van der Waals surface area (Å²) in [5.41, 5.74) is 4.71. The van der Waals surface area contributed by atoms with Crippen molar-refractivity contribution < 1.29 is 21.8 Å². The van der Waals surface area contributed by atoms with E-state index in [4.69, 9.17) is 0 Å². The predicted molar refractivity (Wildman–Crippen MR) is 115 cm³/mol. The van der Waals surface area contributed by atoms with Crippen LogP contribution in [0.2, 0.25) is 0 Å². The fourth-order valence-electron chi connectivity index (χ4n) is 4.20. The van der Waals surface area contributed by atoms with E-state index in [2.05, 4.69) is 67.7 Å². The molecule has 2 nitrogen and oxygen atoms in total. The second kappa shape index (κ2) is 10.4. The maximum atomic E-state index is 13.0. The highest BCUT2D eigenvalue weighted by Crippen LogP contribution is 2.63. The van der Waals surface area contributed by atoms with Crippen molar-refractivity contribution in [2.75, 3.05) is 23.8 Å². The molecule has 3 rings (SSSR count). The molecule has 27 heavy (non-hydrogen) atoms. The van der Waals surface area contributed by atoms with Gasteiger partial charge in [-0.25, -0.2) is 0 Å². The Hall–Kier alpha value is -1.18. The maximum absolute atomic E-state index is 13.0. The first-order chi connectivity index (χ1) is 12.6. The van der Waals surface area contributed by atoms with Gasteiger partial charge in [0.25, 0.3) is 5.91 Å². The van der Waals surface area contributed by atoms with E-state index in [1.165, 1.54) is 43.6 Å². The van der Waals surface area contributed by atoms with E-state index in [0.29, 0.717) is 0 Å². The molecule has 146 valence electrons. The van der Waals surface area contributed by atoms with Crippen molar-refractivity contribution >= 4 is 18.9 Å². The molecule has 0 atom stereocenters. The quantitative estimate of drug-likeness (QED) is 0.701. The lowest BCUT2D eigenvalue weighted by atomic mass is 10.1. The topological polar surface area (TPSA) is 29.1 Å². The molecular weight excluding hydrogens is 417 g/mol. The van der Waals surface area contributed by atoms with Crippen molar-refractivity contribution in [3.05, 3.63) is 65.2 Å². The van der Waals surface area contributed by atoms with Crippen LogP contribution in [-0.4, -0.2) is 24.4 Å². The van der Waals surface area contributed by atoms with Gasteiger partial charge in [0.2, 0.25) is 0 Å². The van der Waals surface area contributed by atoms with Gasteiger partial charge in [-0.05, 0) is 56.2 Å². The molecule has 0 aliphatic carbocycles. The second-order valence-corrected chi connectivity index (χ2v) is 12.0. The Bertz CT molecular complexity index is 719. The summed E-state index contributed by atoms with van der Waals surface area (Å²) < 4.78 is 0. The SMILES string of the molecule is Cc1cccc(C)c1NC(=O)C[P+]1(Cc2ccccc2)CCCCCC1.[Br-]. The maximum Gasteiger partial charge on any atom is 0.261 e. The van der Waals surface area contributed by atoms with E-state index < -0.39 is 7.26 Å². The highest BCUT2D eigenvalue weighted by Gasteiger charge is 2.40. The second-order valence-electron chi connectivity index (χ2n) is 7.82. The summed E-state index contributed by atoms with van der Waals surface area (Å²) in [6.45, 7) is 4.15. The number of benzene rings is 2. The number of nitrogens with one attached hydrogen (secondary N) is 1. The van der Waals surface area contributed by atoms with Crippen molar-refractivity contribution in [2.24, 2.45) is 0 Å². The highest BCUT2D eigenvalue weighted by molar-refractivity contribution is 7.76. The number of halogens is 1. The van der Waals surface area contributed by atoms with Gasteiger partial charge in [-0.15, -0.1) is 0 Å². The predicted octanol–water partition coefficient (Wildman–Crippen LogP) is 3.04. The van der Waals surface area contributed by atoms with Crippen LogP contribution in [0.3, 0.4) is 0 Å². The summed E-state index contributed by atoms with van der Waals surface area (Å²) >= 11 is 0. The lowest BCUT2D eigenvalue weighted by Crippen LogP contribution is -3.00. The average Bonchev–Trinajstić information content (AvgIpc) is 2.85. The normalized spacial score (nSPS) is 16.1. The summed E-state index contributed by atoms with van der Waals surface area (Å²) in [5.74, 6) is 0.216. The molecular formula is C23H31BrNOP. The van der Waals surface area contributed by atoms with Crippen molar-refractivity contribution in [3.8, 4) is 0 Å². The molecule has 0 spiro atoms. The van der Waals surface area contributed by atoms with E-state index in [1.54, 1.807) is 0 Å². The number of hydrogen-bond acceptors (Lipinski definition) is 1. The molecule has 1 heterocycles. The summed E-state index contributed by atoms with van der Waals surface area (Å²) in [6, 6.07) is 17.0. The van der Waals surface area contributed by atoms with Crippen LogP contribution in [-0.2, 0) is 11.0 Å². The van der Waals surface area contributed by atoms with Crippen molar-refractivity contribution in [3.63, 3.8) is 0 Å². The molecule has 1 aliphatic rings. The van der Waals surface area contributed by atoms with Crippen LogP contribution in [0.25, 0.3) is 0 Å². The van der Waals surface area contributed by atoms with Gasteiger partial charge < -0.3 is 22.3 Å². The van der Waals surface area contributed by atoms with E-state index in [-0.39, 0.29) is 22.9 Å². The Labute approximate surface area is 175 Å². The first-order valence-electron chi connectivity index (χ1n) is 9.83. The van der Waals surface area contributed by atoms with E-state index >= 15 is 0 Å². The van der Waals surface area contributed by atoms with Gasteiger partial charge in [0.1, 0.15) is 6.16 Å². The van der Waals surface area contributed by atoms with Gasteiger partial charge in [-0.1, -0.05) is 48.5 Å². The van der Waals surface area contributed by atoms with Crippen LogP contribution in [0.15, 0.2) is 48.5 Å². The van der Waals surface area contributed by atoms with Gasteiger partial charge in [-0.2, -0.15) is 0 Å². The van der Waals surface area contributed by atoms with E-state index in [1.807, 2.05) is 0 Å². The standard InChI is InChI=1S/C23H30NOP.BrH/c1-19-11-10-12-20(2)23(19)24-22(25)18-26(15-8-3-4-9-16-26)17-21-13-6-5-7-14-21;/h5-7,10-14H,3-4,8-9,15-18H2,1-2H3;1H. The van der Waals surface area contributed by atoms with Gasteiger partial charge in [-0.3, -0.25) is 4.79 Å². The lowest BCUT2D eigenvalue weighted by Gasteiger charge is -2.26. The number of anilines is 1. The third kappa shape index (κ3) is 6.16. The van der Waals surface area contributed by atoms with Crippen LogP contribution in [0.1, 0.15) is 42.4 Å². The first-order valence-corrected chi connectivity index (χ1v) is 12.4. The molecule has 1 N–H and O–H groups in total. The number of carbonyl (C=O) groups is 1. The third-order valence-electron chi connectivity index (χ3n) is 5.60. The molecule has 1 aliphatic heterocycles.